The third-order valence-electron chi connectivity index (χ3n) is 26.7. The number of aromatic nitrogens is 16. The van der Waals surface area contributed by atoms with Gasteiger partial charge in [0.15, 0.2) is 56.3 Å². The van der Waals surface area contributed by atoms with Crippen molar-refractivity contribution in [2.45, 2.75) is 260 Å². The highest BCUT2D eigenvalue weighted by molar-refractivity contribution is 7.91. The topological polar surface area (TPSA) is 447 Å². The van der Waals surface area contributed by atoms with E-state index in [0.29, 0.717) is 155 Å². The molecule has 7 N–H and O–H groups in total. The molecule has 0 bridgehead atoms. The zero-order valence-electron chi connectivity index (χ0n) is 83.3. The molecule has 3 unspecified atom stereocenters. The van der Waals surface area contributed by atoms with Crippen molar-refractivity contribution in [3.8, 4) is 0 Å². The molecule has 144 heavy (non-hydrogen) atoms. The summed E-state index contributed by atoms with van der Waals surface area (Å²) in [4.78, 5) is 64.9. The van der Waals surface area contributed by atoms with Crippen LogP contribution < -0.4 is 27.4 Å². The van der Waals surface area contributed by atoms with E-state index < -0.39 is 39.3 Å². The second-order valence-electron chi connectivity index (χ2n) is 38.6. The number of halogens is 3. The summed E-state index contributed by atoms with van der Waals surface area (Å²) in [6.45, 7) is 21.6. The normalized spacial score (nSPS) is 17.4. The number of benzene rings is 4. The Morgan fingerprint density at radius 2 is 0.708 bits per heavy atom. The van der Waals surface area contributed by atoms with Gasteiger partial charge in [0.05, 0.1) is 128 Å². The monoisotopic (exact) mass is 2090 g/mol. The first kappa shape index (κ1) is 104. The van der Waals surface area contributed by atoms with Crippen molar-refractivity contribution in [2.24, 2.45) is 4.99 Å². The van der Waals surface area contributed by atoms with Crippen LogP contribution in [0.2, 0.25) is 15.3 Å². The lowest BCUT2D eigenvalue weighted by Gasteiger charge is -2.25. The van der Waals surface area contributed by atoms with Gasteiger partial charge in [0, 0.05) is 94.0 Å². The fraction of sp³-hybridized carbons (Fsp3) is 0.423. The molecule has 8 aliphatic rings. The van der Waals surface area contributed by atoms with Crippen molar-refractivity contribution in [3.63, 3.8) is 0 Å². The highest BCUT2D eigenvalue weighted by Gasteiger charge is 2.34. The maximum absolute atomic E-state index is 12.8. The lowest BCUT2D eigenvalue weighted by atomic mass is 10.1. The Hall–Kier alpha value is -11.7. The molecular weight excluding hydrogens is 1970 g/mol. The van der Waals surface area contributed by atoms with Crippen molar-refractivity contribution < 1.29 is 47.9 Å². The van der Waals surface area contributed by atoms with Gasteiger partial charge in [-0.2, -0.15) is 0 Å². The molecule has 0 amide bonds. The van der Waals surface area contributed by atoms with Crippen LogP contribution in [0.1, 0.15) is 261 Å². The first-order chi connectivity index (χ1) is 68.5. The molecule has 40 heteroatoms. The van der Waals surface area contributed by atoms with Gasteiger partial charge in [-0.3, -0.25) is 48.6 Å². The minimum absolute atomic E-state index is 0.00853. The van der Waals surface area contributed by atoms with E-state index in [1.807, 2.05) is 145 Å². The van der Waals surface area contributed by atoms with Crippen LogP contribution in [0.4, 0.5) is 51.3 Å². The van der Waals surface area contributed by atoms with E-state index in [2.05, 4.69) is 65.4 Å². The van der Waals surface area contributed by atoms with E-state index in [1.54, 1.807) is 48.9 Å². The number of nitrogen functional groups attached to an aromatic ring is 2. The molecule has 22 rings (SSSR count). The van der Waals surface area contributed by atoms with Crippen LogP contribution in [0, 0.1) is 62.3 Å². The van der Waals surface area contributed by atoms with E-state index in [-0.39, 0.29) is 28.5 Å². The fourth-order valence-electron chi connectivity index (χ4n) is 18.2. The molecule has 3 atom stereocenters. The molecule has 758 valence electrons. The third-order valence-corrected chi connectivity index (χ3v) is 31.9. The number of pyridine rings is 4. The number of nitrogens with two attached hydrogens (primary N) is 2. The number of fused-ring (bicyclic) bond motifs is 4. The molecule has 0 radical (unpaired) electrons. The predicted molar refractivity (Wildman–Crippen MR) is 564 cm³/mol. The Bertz CT molecular complexity index is 7800. The largest absolute Gasteiger partial charge is 0.398 e. The average Bonchev–Trinajstić information content (AvgIpc) is 1.60. The summed E-state index contributed by atoms with van der Waals surface area (Å²) in [7, 11) is -13.5. The van der Waals surface area contributed by atoms with Gasteiger partial charge in [-0.25, -0.2) is 68.6 Å². The Morgan fingerprint density at radius 1 is 0.354 bits per heavy atom. The molecule has 0 spiro atoms. The van der Waals surface area contributed by atoms with Crippen LogP contribution in [0.25, 0.3) is 33.5 Å². The molecule has 4 aliphatic heterocycles. The van der Waals surface area contributed by atoms with Gasteiger partial charge in [-0.1, -0.05) is 59.1 Å². The predicted octanol–water partition coefficient (Wildman–Crippen LogP) is 21.3. The van der Waals surface area contributed by atoms with E-state index in [9.17, 15) is 33.7 Å². The molecule has 3 saturated heterocycles. The van der Waals surface area contributed by atoms with Crippen LogP contribution >= 0.6 is 34.8 Å². The number of ether oxygens (including phenoxy) is 3. The lowest BCUT2D eigenvalue weighted by Crippen LogP contribution is -2.19. The van der Waals surface area contributed by atoms with Crippen LogP contribution in [0.5, 0.6) is 0 Å². The number of anilines is 8. The average molecular weight is 2090 g/mol. The zero-order valence-corrected chi connectivity index (χ0v) is 88.8. The minimum Gasteiger partial charge on any atom is -0.398 e. The Kier molecular flexibility index (Phi) is 31.1. The van der Waals surface area contributed by atoms with Gasteiger partial charge in [-0.05, 0) is 291 Å². The molecule has 14 heterocycles. The number of sulfone groups is 4. The summed E-state index contributed by atoms with van der Waals surface area (Å²) in [5.41, 5.74) is 34.8. The number of hydrogen-bond donors (Lipinski definition) is 5. The SMILES string of the molecule is CC1=Nc2c(Nc3ccc(C4CC4)cc3S(C)(=O)=O)cc(Cc3cnc(C)c(C)n3)nc2C1.CS(=O)(=O)c1cc(C2CC2)ccc1N.Cc1nc2c(Cl)cc(Cl)nc2n1C1CCCCO1.Cc1nc2c(Nc3ccc(C4CC4)cc3S(C)(=O)=O)cc(Cl)nc2n1C1CCCCO1.Cc1ncc(Cc2cc(Nc3ccc(C4CC4)cc3S(C)(=O)=O)c3nc(C)n(C4CCCCO4)c3n2)nc1C.Cc1ncc(N)nc1C. The van der Waals surface area contributed by atoms with Crippen molar-refractivity contribution >= 4 is 165 Å². The zero-order chi connectivity index (χ0) is 102. The van der Waals surface area contributed by atoms with E-state index in [4.69, 9.17) is 85.4 Å². The van der Waals surface area contributed by atoms with Gasteiger partial charge in [0.2, 0.25) is 0 Å². The molecular formula is C104H121Cl3N22O11S4. The van der Waals surface area contributed by atoms with Crippen LogP contribution in [0.3, 0.4) is 0 Å². The second-order valence-corrected chi connectivity index (χ2v) is 47.8. The summed E-state index contributed by atoms with van der Waals surface area (Å²) in [6, 6.07) is 29.5. The number of aryl methyl sites for hydroxylation is 9. The molecule has 14 aromatic rings. The number of nitrogens with one attached hydrogen (secondary N) is 3. The van der Waals surface area contributed by atoms with Gasteiger partial charge < -0.3 is 41.6 Å². The van der Waals surface area contributed by atoms with Crippen molar-refractivity contribution in [1.29, 1.82) is 0 Å². The summed E-state index contributed by atoms with van der Waals surface area (Å²) >= 11 is 18.5. The summed E-state index contributed by atoms with van der Waals surface area (Å²) < 4.78 is 123. The van der Waals surface area contributed by atoms with E-state index in [0.717, 1.165) is 235 Å². The van der Waals surface area contributed by atoms with E-state index >= 15 is 0 Å². The number of imidazole rings is 3. The highest BCUT2D eigenvalue weighted by atomic mass is 35.5. The molecule has 4 saturated carbocycles. The Labute approximate surface area is 855 Å². The van der Waals surface area contributed by atoms with Crippen molar-refractivity contribution in [3.05, 3.63) is 233 Å². The maximum atomic E-state index is 12.8. The van der Waals surface area contributed by atoms with Crippen molar-refractivity contribution in [2.75, 3.05) is 72.3 Å². The molecule has 10 aromatic heterocycles. The summed E-state index contributed by atoms with van der Waals surface area (Å²) in [5.74, 6) is 4.87. The van der Waals surface area contributed by atoms with Crippen LogP contribution in [-0.4, -0.2) is 163 Å². The second kappa shape index (κ2) is 43.2. The van der Waals surface area contributed by atoms with Crippen LogP contribution in [-0.2, 0) is 72.8 Å². The maximum Gasteiger partial charge on any atom is 0.177 e. The first-order valence-electron chi connectivity index (χ1n) is 48.6. The first-order valence-corrected chi connectivity index (χ1v) is 57.3. The number of rotatable bonds is 21. The number of aliphatic imine (C=N–C) groups is 1. The molecule has 4 aromatic carbocycles. The molecule has 33 nitrogen and oxygen atoms in total. The van der Waals surface area contributed by atoms with Gasteiger partial charge >= 0.3 is 0 Å². The summed E-state index contributed by atoms with van der Waals surface area (Å²) in [5, 5.41) is 11.3. The quantitative estimate of drug-likeness (QED) is 0.0329. The standard InChI is InChI=1S/C29H34N6O3S.C25H27N5O2S.C22H25ClN4O3S.C12H13Cl2N3O.C10H13NO2S.C6H9N3/c1-17-18(2)31-23(16-30-17)14-22-15-25(28-29(33-22)35(19(3)32-28)27-7-5-6-12-38-27)34-24-11-10-21(20-8-9-20)13-26(24)39(4,36)37;1-14-9-22-25(27-14)23(12-19(29-22)11-20-13-26-15(2)16(3)28-20)30-21-8-7-18(17-5-6-17)10-24(21)33(4,31)32;1-13-24-21-17(12-19(23)26-22(21)27(13)20-5-3-4-10-30-20)25-16-9-8-15(14-6-7-14)11-18(16)31(2,28)29;1-7-15-11-8(13)6-9(14)16-12(11)17(7)10-4-2-3-5-18-10;1-14(12,13)10-6-8(7-2-3-7)4-5-9(10)11;1-4-5(2)9-6(7)3-8-4/h10-11,13,15-16,20,27H,5-9,12,14H2,1-4H3,(H,33,34);7-8,10,12-13,17H,5-6,9,11H2,1-4H3,(H,29,30);8-9,11-12,14,20H,3-7,10H2,1-2H3,(H,25,26);6,10H,2-5H2,1H3;4-7H,2-3,11H2,1H3;3H,1-2H3,(H2,7,9). The highest BCUT2D eigenvalue weighted by Crippen LogP contribution is 2.48. The number of nitrogens with zero attached hydrogens (tertiary/aromatic N) is 17. The van der Waals surface area contributed by atoms with E-state index in [1.165, 1.54) is 25.0 Å². The number of hydrogen-bond acceptors (Lipinski definition) is 30. The fourth-order valence-corrected chi connectivity index (χ4v) is 22.4. The van der Waals surface area contributed by atoms with Gasteiger partial charge in [0.1, 0.15) is 74.5 Å². The molecule has 4 aliphatic carbocycles. The molecule has 7 fully saturated rings. The van der Waals surface area contributed by atoms with Gasteiger partial charge in [-0.15, -0.1) is 0 Å². The smallest absolute Gasteiger partial charge is 0.177 e. The van der Waals surface area contributed by atoms with Crippen molar-refractivity contribution in [1.82, 2.24) is 78.5 Å². The lowest BCUT2D eigenvalue weighted by molar-refractivity contribution is -0.0310. The van der Waals surface area contributed by atoms with Crippen LogP contribution in [0.15, 0.2) is 140 Å². The summed E-state index contributed by atoms with van der Waals surface area (Å²) in [6.07, 6.45) is 29.7. The minimum atomic E-state index is -3.46. The van der Waals surface area contributed by atoms with Gasteiger partial charge in [0.25, 0.3) is 0 Å². The Morgan fingerprint density at radius 3 is 1.10 bits per heavy atom. The Balaban J connectivity index is 0.000000125. The third kappa shape index (κ3) is 25.0.